The Kier molecular flexibility index (Phi) is 2.54. The minimum atomic E-state index is -2.56. The molecule has 15 heavy (non-hydrogen) atoms. The van der Waals surface area contributed by atoms with Crippen LogP contribution in [0.25, 0.3) is 0 Å². The third kappa shape index (κ3) is 2.40. The first-order valence-electron chi connectivity index (χ1n) is 4.81. The number of piperidine rings is 1. The van der Waals surface area contributed by atoms with Gasteiger partial charge in [-0.05, 0) is 12.1 Å². The van der Waals surface area contributed by atoms with E-state index in [1.165, 1.54) is 12.1 Å². The van der Waals surface area contributed by atoms with Crippen molar-refractivity contribution < 1.29 is 13.2 Å². The van der Waals surface area contributed by atoms with Crippen molar-refractivity contribution in [3.8, 4) is 0 Å². The fraction of sp³-hybridized carbons (Fsp3) is 0.500. The smallest absolute Gasteiger partial charge is 0.251 e. The number of aromatic nitrogens is 1. The molecule has 1 aromatic rings. The standard InChI is InChI=1S/C10H11F3N2/c11-8-1-2-9(14-7-8)15-5-3-10(12,13)4-6-15/h1-2,7H,3-6H2. The van der Waals surface area contributed by atoms with Crippen molar-refractivity contribution in [3.05, 3.63) is 24.1 Å². The van der Waals surface area contributed by atoms with Gasteiger partial charge in [0, 0.05) is 25.9 Å². The molecule has 0 bridgehead atoms. The van der Waals surface area contributed by atoms with E-state index in [0.717, 1.165) is 6.20 Å². The Bertz CT molecular complexity index is 327. The van der Waals surface area contributed by atoms with Crippen LogP contribution in [-0.2, 0) is 0 Å². The number of halogens is 3. The molecule has 82 valence electrons. The molecule has 0 unspecified atom stereocenters. The highest BCUT2D eigenvalue weighted by Gasteiger charge is 2.34. The third-order valence-corrected chi connectivity index (χ3v) is 2.53. The van der Waals surface area contributed by atoms with Crippen LogP contribution in [0.5, 0.6) is 0 Å². The van der Waals surface area contributed by atoms with Gasteiger partial charge in [-0.2, -0.15) is 0 Å². The SMILES string of the molecule is Fc1ccc(N2CCC(F)(F)CC2)nc1. The molecule has 2 heterocycles. The Morgan fingerprint density at radius 1 is 1.20 bits per heavy atom. The van der Waals surface area contributed by atoms with E-state index in [1.54, 1.807) is 4.90 Å². The summed E-state index contributed by atoms with van der Waals surface area (Å²) in [6, 6.07) is 2.80. The van der Waals surface area contributed by atoms with Gasteiger partial charge in [-0.3, -0.25) is 0 Å². The Morgan fingerprint density at radius 3 is 2.40 bits per heavy atom. The van der Waals surface area contributed by atoms with Gasteiger partial charge in [-0.25, -0.2) is 18.2 Å². The summed E-state index contributed by atoms with van der Waals surface area (Å²) in [6.07, 6.45) is 0.778. The van der Waals surface area contributed by atoms with E-state index in [2.05, 4.69) is 4.98 Å². The van der Waals surface area contributed by atoms with Gasteiger partial charge in [-0.15, -0.1) is 0 Å². The average molecular weight is 216 g/mol. The minimum absolute atomic E-state index is 0.161. The van der Waals surface area contributed by atoms with Gasteiger partial charge in [0.05, 0.1) is 6.20 Å². The predicted molar refractivity (Wildman–Crippen MR) is 50.6 cm³/mol. The zero-order chi connectivity index (χ0) is 10.9. The Hall–Kier alpha value is -1.26. The van der Waals surface area contributed by atoms with Crippen molar-refractivity contribution in [2.45, 2.75) is 18.8 Å². The molecule has 1 aliphatic rings. The number of hydrogen-bond donors (Lipinski definition) is 0. The summed E-state index contributed by atoms with van der Waals surface area (Å²) in [5.74, 6) is -2.41. The molecule has 0 aromatic carbocycles. The number of hydrogen-bond acceptors (Lipinski definition) is 2. The predicted octanol–water partition coefficient (Wildman–Crippen LogP) is 2.46. The van der Waals surface area contributed by atoms with Gasteiger partial charge in [-0.1, -0.05) is 0 Å². The average Bonchev–Trinajstić information content (AvgIpc) is 2.20. The lowest BCUT2D eigenvalue weighted by atomic mass is 10.1. The van der Waals surface area contributed by atoms with E-state index in [9.17, 15) is 13.2 Å². The minimum Gasteiger partial charge on any atom is -0.356 e. The van der Waals surface area contributed by atoms with E-state index < -0.39 is 11.7 Å². The fourth-order valence-corrected chi connectivity index (χ4v) is 1.62. The van der Waals surface area contributed by atoms with E-state index in [0.29, 0.717) is 5.82 Å². The van der Waals surface area contributed by atoms with Crippen LogP contribution in [0.4, 0.5) is 19.0 Å². The summed E-state index contributed by atoms with van der Waals surface area (Å²) in [5, 5.41) is 0. The van der Waals surface area contributed by atoms with Crippen LogP contribution in [0.2, 0.25) is 0 Å². The lowest BCUT2D eigenvalue weighted by molar-refractivity contribution is -0.0221. The van der Waals surface area contributed by atoms with Crippen molar-refractivity contribution in [2.75, 3.05) is 18.0 Å². The zero-order valence-corrected chi connectivity index (χ0v) is 8.09. The highest BCUT2D eigenvalue weighted by atomic mass is 19.3. The maximum absolute atomic E-state index is 12.9. The van der Waals surface area contributed by atoms with Gasteiger partial charge in [0.2, 0.25) is 0 Å². The quantitative estimate of drug-likeness (QED) is 0.716. The molecule has 0 amide bonds. The molecule has 0 atom stereocenters. The van der Waals surface area contributed by atoms with Crippen LogP contribution in [0.3, 0.4) is 0 Å². The molecule has 0 saturated carbocycles. The molecular weight excluding hydrogens is 205 g/mol. The summed E-state index contributed by atoms with van der Waals surface area (Å²) in [7, 11) is 0. The van der Waals surface area contributed by atoms with Crippen molar-refractivity contribution in [3.63, 3.8) is 0 Å². The maximum atomic E-state index is 12.9. The van der Waals surface area contributed by atoms with Crippen LogP contribution >= 0.6 is 0 Å². The Labute approximate surface area is 85.7 Å². The second-order valence-electron chi connectivity index (χ2n) is 3.68. The molecule has 0 spiro atoms. The number of alkyl halides is 2. The van der Waals surface area contributed by atoms with Crippen molar-refractivity contribution in [1.29, 1.82) is 0 Å². The molecule has 2 nitrogen and oxygen atoms in total. The van der Waals surface area contributed by atoms with Gasteiger partial charge >= 0.3 is 0 Å². The molecule has 1 aliphatic heterocycles. The number of anilines is 1. The summed E-state index contributed by atoms with van der Waals surface area (Å²) in [4.78, 5) is 5.60. The molecule has 0 radical (unpaired) electrons. The van der Waals surface area contributed by atoms with Crippen LogP contribution in [0, 0.1) is 5.82 Å². The largest absolute Gasteiger partial charge is 0.356 e. The molecular formula is C10H11F3N2. The van der Waals surface area contributed by atoms with Crippen LogP contribution in [0.15, 0.2) is 18.3 Å². The summed E-state index contributed by atoms with van der Waals surface area (Å²) in [5.41, 5.74) is 0. The van der Waals surface area contributed by atoms with Crippen molar-refractivity contribution >= 4 is 5.82 Å². The van der Waals surface area contributed by atoms with Gasteiger partial charge in [0.25, 0.3) is 5.92 Å². The van der Waals surface area contributed by atoms with E-state index in [1.807, 2.05) is 0 Å². The lowest BCUT2D eigenvalue weighted by Gasteiger charge is -2.32. The molecule has 1 saturated heterocycles. The Morgan fingerprint density at radius 2 is 1.87 bits per heavy atom. The van der Waals surface area contributed by atoms with E-state index >= 15 is 0 Å². The van der Waals surface area contributed by atoms with Gasteiger partial charge in [0.1, 0.15) is 11.6 Å². The molecule has 0 aliphatic carbocycles. The zero-order valence-electron chi connectivity index (χ0n) is 8.09. The molecule has 2 rings (SSSR count). The van der Waals surface area contributed by atoms with E-state index in [-0.39, 0.29) is 25.9 Å². The fourth-order valence-electron chi connectivity index (χ4n) is 1.62. The molecule has 1 aromatic heterocycles. The number of nitrogens with zero attached hydrogens (tertiary/aromatic N) is 2. The topological polar surface area (TPSA) is 16.1 Å². The van der Waals surface area contributed by atoms with Gasteiger partial charge in [0.15, 0.2) is 0 Å². The van der Waals surface area contributed by atoms with Crippen molar-refractivity contribution in [1.82, 2.24) is 4.98 Å². The van der Waals surface area contributed by atoms with Crippen LogP contribution in [0.1, 0.15) is 12.8 Å². The normalized spacial score (nSPS) is 20.3. The number of pyridine rings is 1. The maximum Gasteiger partial charge on any atom is 0.251 e. The monoisotopic (exact) mass is 216 g/mol. The first-order chi connectivity index (χ1) is 7.07. The number of rotatable bonds is 1. The van der Waals surface area contributed by atoms with E-state index in [4.69, 9.17) is 0 Å². The third-order valence-electron chi connectivity index (χ3n) is 2.53. The molecule has 1 fully saturated rings. The highest BCUT2D eigenvalue weighted by Crippen LogP contribution is 2.29. The van der Waals surface area contributed by atoms with Crippen LogP contribution < -0.4 is 4.90 Å². The highest BCUT2D eigenvalue weighted by molar-refractivity contribution is 5.38. The first-order valence-corrected chi connectivity index (χ1v) is 4.81. The summed E-state index contributed by atoms with van der Waals surface area (Å²) in [6.45, 7) is 0.539. The second kappa shape index (κ2) is 3.72. The summed E-state index contributed by atoms with van der Waals surface area (Å²) >= 11 is 0. The Balaban J connectivity index is 2.04. The second-order valence-corrected chi connectivity index (χ2v) is 3.68. The van der Waals surface area contributed by atoms with Gasteiger partial charge < -0.3 is 4.90 Å². The summed E-state index contributed by atoms with van der Waals surface area (Å²) < 4.78 is 38.3. The lowest BCUT2D eigenvalue weighted by Crippen LogP contribution is -2.39. The molecule has 0 N–H and O–H groups in total. The van der Waals surface area contributed by atoms with Crippen molar-refractivity contribution in [2.24, 2.45) is 0 Å². The first kappa shape index (κ1) is 10.3. The van der Waals surface area contributed by atoms with Crippen LogP contribution in [-0.4, -0.2) is 24.0 Å². The molecule has 5 heteroatoms.